The van der Waals surface area contributed by atoms with Crippen molar-refractivity contribution < 1.29 is 15.0 Å². The molecular weight excluding hydrogens is 256 g/mol. The van der Waals surface area contributed by atoms with E-state index < -0.39 is 5.91 Å². The lowest BCUT2D eigenvalue weighted by Gasteiger charge is -2.17. The van der Waals surface area contributed by atoms with E-state index in [1.807, 2.05) is 30.3 Å². The third-order valence-corrected chi connectivity index (χ3v) is 2.91. The van der Waals surface area contributed by atoms with Crippen LogP contribution in [-0.4, -0.2) is 22.7 Å². The second-order valence-electron chi connectivity index (χ2n) is 4.41. The number of carbonyl (C=O) groups excluding carboxylic acids is 1. The molecule has 20 heavy (non-hydrogen) atoms. The molecule has 0 aliphatic carbocycles. The van der Waals surface area contributed by atoms with E-state index in [1.54, 1.807) is 0 Å². The third-order valence-electron chi connectivity index (χ3n) is 2.91. The Morgan fingerprint density at radius 2 is 1.70 bits per heavy atom. The zero-order valence-corrected chi connectivity index (χ0v) is 10.8. The van der Waals surface area contributed by atoms with Crippen LogP contribution in [0.1, 0.15) is 22.0 Å². The normalized spacial score (nSPS) is 11.8. The summed E-state index contributed by atoms with van der Waals surface area (Å²) in [5, 5.41) is 21.5. The molecule has 0 saturated carbocycles. The zero-order chi connectivity index (χ0) is 14.5. The van der Waals surface area contributed by atoms with Gasteiger partial charge < -0.3 is 21.3 Å². The van der Waals surface area contributed by atoms with Crippen LogP contribution in [0.25, 0.3) is 0 Å². The van der Waals surface area contributed by atoms with Gasteiger partial charge in [-0.15, -0.1) is 0 Å². The molecular formula is C15H16N2O3. The molecule has 5 heteroatoms. The highest BCUT2D eigenvalue weighted by atomic mass is 16.3. The smallest absolute Gasteiger partial charge is 0.252 e. The molecule has 0 radical (unpaired) electrons. The Morgan fingerprint density at radius 1 is 1.10 bits per heavy atom. The summed E-state index contributed by atoms with van der Waals surface area (Å²) in [6.45, 7) is 0.251. The van der Waals surface area contributed by atoms with Gasteiger partial charge in [0.2, 0.25) is 0 Å². The number of phenolic OH excluding ortho intramolecular Hbond substituents is 2. The Labute approximate surface area is 116 Å². The Bertz CT molecular complexity index is 579. The Hall–Kier alpha value is -2.53. The fourth-order valence-corrected chi connectivity index (χ4v) is 1.93. The lowest BCUT2D eigenvalue weighted by Crippen LogP contribution is -2.33. The summed E-state index contributed by atoms with van der Waals surface area (Å²) < 4.78 is 0. The van der Waals surface area contributed by atoms with Gasteiger partial charge in [-0.05, 0) is 17.7 Å². The maximum Gasteiger partial charge on any atom is 0.252 e. The lowest BCUT2D eigenvalue weighted by atomic mass is 10.1. The van der Waals surface area contributed by atoms with Crippen molar-refractivity contribution in [3.05, 3.63) is 59.7 Å². The SMILES string of the molecule is NCC(NC(=O)c1cc(O)cc(O)c1)c1ccccc1. The van der Waals surface area contributed by atoms with Crippen LogP contribution in [0.15, 0.2) is 48.5 Å². The van der Waals surface area contributed by atoms with Gasteiger partial charge in [0.05, 0.1) is 6.04 Å². The quantitative estimate of drug-likeness (QED) is 0.678. The molecule has 5 nitrogen and oxygen atoms in total. The number of phenols is 2. The second kappa shape index (κ2) is 6.08. The minimum atomic E-state index is -0.407. The van der Waals surface area contributed by atoms with E-state index in [2.05, 4.69) is 5.32 Å². The van der Waals surface area contributed by atoms with Gasteiger partial charge in [0.1, 0.15) is 11.5 Å². The van der Waals surface area contributed by atoms with Gasteiger partial charge in [0.25, 0.3) is 5.91 Å². The zero-order valence-electron chi connectivity index (χ0n) is 10.8. The monoisotopic (exact) mass is 272 g/mol. The Morgan fingerprint density at radius 3 is 2.25 bits per heavy atom. The number of benzene rings is 2. The Balaban J connectivity index is 2.17. The van der Waals surface area contributed by atoms with Crippen molar-refractivity contribution in [3.63, 3.8) is 0 Å². The van der Waals surface area contributed by atoms with Crippen LogP contribution in [0.2, 0.25) is 0 Å². The molecule has 2 rings (SSSR count). The van der Waals surface area contributed by atoms with E-state index in [-0.39, 0.29) is 29.6 Å². The summed E-state index contributed by atoms with van der Waals surface area (Å²) >= 11 is 0. The first-order chi connectivity index (χ1) is 9.60. The van der Waals surface area contributed by atoms with Gasteiger partial charge in [-0.1, -0.05) is 30.3 Å². The first kappa shape index (κ1) is 13.9. The van der Waals surface area contributed by atoms with Crippen molar-refractivity contribution in [3.8, 4) is 11.5 Å². The number of amides is 1. The molecule has 1 unspecified atom stereocenters. The lowest BCUT2D eigenvalue weighted by molar-refractivity contribution is 0.0937. The summed E-state index contributed by atoms with van der Waals surface area (Å²) in [5.41, 5.74) is 6.75. The van der Waals surface area contributed by atoms with E-state index in [0.717, 1.165) is 11.6 Å². The molecule has 0 spiro atoms. The van der Waals surface area contributed by atoms with E-state index in [4.69, 9.17) is 5.73 Å². The van der Waals surface area contributed by atoms with Crippen LogP contribution >= 0.6 is 0 Å². The fourth-order valence-electron chi connectivity index (χ4n) is 1.93. The first-order valence-corrected chi connectivity index (χ1v) is 6.19. The van der Waals surface area contributed by atoms with Crippen molar-refractivity contribution in [2.24, 2.45) is 5.73 Å². The number of hydrogen-bond donors (Lipinski definition) is 4. The van der Waals surface area contributed by atoms with Gasteiger partial charge in [0.15, 0.2) is 0 Å². The minimum Gasteiger partial charge on any atom is -0.508 e. The molecule has 0 fully saturated rings. The molecule has 2 aromatic carbocycles. The predicted octanol–water partition coefficient (Wildman–Crippen LogP) is 1.53. The number of aromatic hydroxyl groups is 2. The summed E-state index contributed by atoms with van der Waals surface area (Å²) in [6.07, 6.45) is 0. The largest absolute Gasteiger partial charge is 0.508 e. The van der Waals surface area contributed by atoms with Crippen LogP contribution in [0.5, 0.6) is 11.5 Å². The minimum absolute atomic E-state index is 0.167. The van der Waals surface area contributed by atoms with E-state index in [1.165, 1.54) is 12.1 Å². The maximum absolute atomic E-state index is 12.1. The van der Waals surface area contributed by atoms with Crippen LogP contribution < -0.4 is 11.1 Å². The van der Waals surface area contributed by atoms with Crippen molar-refractivity contribution in [2.45, 2.75) is 6.04 Å². The number of rotatable bonds is 4. The number of carbonyl (C=O) groups is 1. The topological polar surface area (TPSA) is 95.6 Å². The van der Waals surface area contributed by atoms with Crippen molar-refractivity contribution in [2.75, 3.05) is 6.54 Å². The third kappa shape index (κ3) is 3.27. The first-order valence-electron chi connectivity index (χ1n) is 6.19. The number of hydrogen-bond acceptors (Lipinski definition) is 4. The van der Waals surface area contributed by atoms with Gasteiger partial charge in [-0.2, -0.15) is 0 Å². The molecule has 0 aromatic heterocycles. The van der Waals surface area contributed by atoms with Crippen LogP contribution in [0, 0.1) is 0 Å². The van der Waals surface area contributed by atoms with Crippen molar-refractivity contribution in [1.82, 2.24) is 5.32 Å². The highest BCUT2D eigenvalue weighted by Crippen LogP contribution is 2.21. The van der Waals surface area contributed by atoms with Crippen molar-refractivity contribution in [1.29, 1.82) is 0 Å². The molecule has 1 amide bonds. The second-order valence-corrected chi connectivity index (χ2v) is 4.41. The highest BCUT2D eigenvalue weighted by molar-refractivity contribution is 5.95. The summed E-state index contributed by atoms with van der Waals surface area (Å²) in [6, 6.07) is 12.8. The standard InChI is InChI=1S/C15H16N2O3/c16-9-14(10-4-2-1-3-5-10)17-15(20)11-6-12(18)8-13(19)7-11/h1-8,14,18-19H,9,16H2,(H,17,20). The molecule has 0 aliphatic heterocycles. The molecule has 0 heterocycles. The molecule has 1 atom stereocenters. The van der Waals surface area contributed by atoms with Crippen molar-refractivity contribution >= 4 is 5.91 Å². The van der Waals surface area contributed by atoms with Gasteiger partial charge in [-0.25, -0.2) is 0 Å². The summed E-state index contributed by atoms with van der Waals surface area (Å²) in [4.78, 5) is 12.1. The van der Waals surface area contributed by atoms with E-state index in [0.29, 0.717) is 0 Å². The number of nitrogens with one attached hydrogen (secondary N) is 1. The predicted molar refractivity (Wildman–Crippen MR) is 75.5 cm³/mol. The van der Waals surface area contributed by atoms with Gasteiger partial charge >= 0.3 is 0 Å². The molecule has 104 valence electrons. The molecule has 5 N–H and O–H groups in total. The van der Waals surface area contributed by atoms with Crippen LogP contribution in [-0.2, 0) is 0 Å². The highest BCUT2D eigenvalue weighted by Gasteiger charge is 2.15. The molecule has 0 saturated heterocycles. The van der Waals surface area contributed by atoms with Crippen LogP contribution in [0.3, 0.4) is 0 Å². The van der Waals surface area contributed by atoms with Gasteiger partial charge in [-0.3, -0.25) is 4.79 Å². The van der Waals surface area contributed by atoms with E-state index in [9.17, 15) is 15.0 Å². The van der Waals surface area contributed by atoms with Crippen LogP contribution in [0.4, 0.5) is 0 Å². The average molecular weight is 272 g/mol. The summed E-state index contributed by atoms with van der Waals surface area (Å²) in [7, 11) is 0. The molecule has 0 bridgehead atoms. The number of nitrogens with two attached hydrogens (primary N) is 1. The maximum atomic E-state index is 12.1. The average Bonchev–Trinajstić information content (AvgIpc) is 2.44. The van der Waals surface area contributed by atoms with E-state index >= 15 is 0 Å². The summed E-state index contributed by atoms with van der Waals surface area (Å²) in [5.74, 6) is -0.742. The molecule has 2 aromatic rings. The fraction of sp³-hybridized carbons (Fsp3) is 0.133. The Kier molecular flexibility index (Phi) is 4.22. The van der Waals surface area contributed by atoms with Gasteiger partial charge in [0, 0.05) is 18.2 Å². The molecule has 0 aliphatic rings.